The standard InChI is InChI=1S/C16H20N2O4/c1-3-18(2)15(20)12-6-4-5-11(9-12)14(19)17-13(16(21)22)10-7-8-10/h4-6,9-10,13H,3,7-8H2,1-2H3,(H,17,19)(H,21,22). The molecule has 22 heavy (non-hydrogen) atoms. The van der Waals surface area contributed by atoms with Crippen molar-refractivity contribution in [3.63, 3.8) is 0 Å². The Labute approximate surface area is 129 Å². The van der Waals surface area contributed by atoms with E-state index in [1.165, 1.54) is 6.07 Å². The molecule has 0 aromatic heterocycles. The van der Waals surface area contributed by atoms with Crippen LogP contribution in [0, 0.1) is 5.92 Å². The monoisotopic (exact) mass is 304 g/mol. The minimum absolute atomic E-state index is 0.0116. The highest BCUT2D eigenvalue weighted by molar-refractivity contribution is 6.00. The van der Waals surface area contributed by atoms with Crippen LogP contribution in [0.15, 0.2) is 24.3 Å². The Bertz CT molecular complexity index is 596. The van der Waals surface area contributed by atoms with Crippen LogP contribution in [-0.4, -0.2) is 47.4 Å². The number of nitrogens with one attached hydrogen (secondary N) is 1. The maximum absolute atomic E-state index is 12.2. The van der Waals surface area contributed by atoms with E-state index in [0.717, 1.165) is 12.8 Å². The van der Waals surface area contributed by atoms with Crippen LogP contribution in [-0.2, 0) is 4.79 Å². The quantitative estimate of drug-likeness (QED) is 0.831. The van der Waals surface area contributed by atoms with Crippen molar-refractivity contribution >= 4 is 17.8 Å². The largest absolute Gasteiger partial charge is 0.480 e. The molecule has 1 aliphatic carbocycles. The van der Waals surface area contributed by atoms with Gasteiger partial charge in [-0.3, -0.25) is 9.59 Å². The number of aliphatic carboxylic acids is 1. The minimum Gasteiger partial charge on any atom is -0.480 e. The van der Waals surface area contributed by atoms with Crippen LogP contribution in [0.1, 0.15) is 40.5 Å². The number of rotatable bonds is 6. The normalized spacial score (nSPS) is 15.0. The highest BCUT2D eigenvalue weighted by Crippen LogP contribution is 2.32. The molecule has 2 N–H and O–H groups in total. The lowest BCUT2D eigenvalue weighted by molar-refractivity contribution is -0.139. The number of carbonyl (C=O) groups excluding carboxylic acids is 2. The lowest BCUT2D eigenvalue weighted by Gasteiger charge is -2.16. The second kappa shape index (κ2) is 6.60. The number of carboxylic acid groups (broad SMARTS) is 1. The van der Waals surface area contributed by atoms with Gasteiger partial charge in [0, 0.05) is 24.7 Å². The average molecular weight is 304 g/mol. The predicted molar refractivity (Wildman–Crippen MR) is 80.7 cm³/mol. The molecule has 1 aliphatic rings. The molecule has 6 heteroatoms. The summed E-state index contributed by atoms with van der Waals surface area (Å²) >= 11 is 0. The van der Waals surface area contributed by atoms with E-state index in [1.54, 1.807) is 30.1 Å². The number of nitrogens with zero attached hydrogens (tertiary/aromatic N) is 1. The van der Waals surface area contributed by atoms with Gasteiger partial charge in [0.2, 0.25) is 0 Å². The van der Waals surface area contributed by atoms with Gasteiger partial charge in [-0.25, -0.2) is 4.79 Å². The van der Waals surface area contributed by atoms with Gasteiger partial charge < -0.3 is 15.3 Å². The van der Waals surface area contributed by atoms with Crippen LogP contribution >= 0.6 is 0 Å². The SMILES string of the molecule is CCN(C)C(=O)c1cccc(C(=O)NC(C(=O)O)C2CC2)c1. The summed E-state index contributed by atoms with van der Waals surface area (Å²) in [6.07, 6.45) is 1.63. The molecule has 6 nitrogen and oxygen atoms in total. The van der Waals surface area contributed by atoms with Gasteiger partial charge in [-0.15, -0.1) is 0 Å². The third kappa shape index (κ3) is 3.63. The lowest BCUT2D eigenvalue weighted by atomic mass is 10.1. The van der Waals surface area contributed by atoms with Gasteiger partial charge in [-0.1, -0.05) is 6.07 Å². The summed E-state index contributed by atoms with van der Waals surface area (Å²) in [6.45, 7) is 2.43. The Morgan fingerprint density at radius 3 is 2.50 bits per heavy atom. The number of hydrogen-bond acceptors (Lipinski definition) is 3. The Hall–Kier alpha value is -2.37. The maximum atomic E-state index is 12.2. The molecule has 0 aliphatic heterocycles. The molecule has 0 spiro atoms. The first-order valence-electron chi connectivity index (χ1n) is 7.33. The second-order valence-corrected chi connectivity index (χ2v) is 5.53. The van der Waals surface area contributed by atoms with Gasteiger partial charge >= 0.3 is 5.97 Å². The van der Waals surface area contributed by atoms with Gasteiger partial charge in [-0.05, 0) is 43.9 Å². The van der Waals surface area contributed by atoms with Crippen molar-refractivity contribution in [3.8, 4) is 0 Å². The molecule has 118 valence electrons. The molecule has 1 aromatic carbocycles. The summed E-state index contributed by atoms with van der Waals surface area (Å²) < 4.78 is 0. The number of carboxylic acids is 1. The van der Waals surface area contributed by atoms with Crippen molar-refractivity contribution in [1.29, 1.82) is 0 Å². The number of hydrogen-bond donors (Lipinski definition) is 2. The van der Waals surface area contributed by atoms with Crippen LogP contribution in [0.2, 0.25) is 0 Å². The summed E-state index contributed by atoms with van der Waals surface area (Å²) in [5.41, 5.74) is 0.706. The molecule has 1 aromatic rings. The van der Waals surface area contributed by atoms with Crippen molar-refractivity contribution < 1.29 is 19.5 Å². The summed E-state index contributed by atoms with van der Waals surface area (Å²) in [6, 6.07) is 5.48. The van der Waals surface area contributed by atoms with E-state index >= 15 is 0 Å². The van der Waals surface area contributed by atoms with Crippen molar-refractivity contribution in [2.75, 3.05) is 13.6 Å². The molecule has 1 unspecified atom stereocenters. The molecule has 0 radical (unpaired) electrons. The van der Waals surface area contributed by atoms with Crippen molar-refractivity contribution in [3.05, 3.63) is 35.4 Å². The zero-order chi connectivity index (χ0) is 16.3. The molecule has 0 bridgehead atoms. The van der Waals surface area contributed by atoms with Crippen LogP contribution in [0.3, 0.4) is 0 Å². The second-order valence-electron chi connectivity index (χ2n) is 5.53. The molecule has 1 saturated carbocycles. The van der Waals surface area contributed by atoms with Crippen molar-refractivity contribution in [1.82, 2.24) is 10.2 Å². The van der Waals surface area contributed by atoms with E-state index in [0.29, 0.717) is 17.7 Å². The van der Waals surface area contributed by atoms with E-state index in [4.69, 9.17) is 5.11 Å². The number of benzene rings is 1. The molecule has 2 amide bonds. The number of carbonyl (C=O) groups is 3. The van der Waals surface area contributed by atoms with Crippen molar-refractivity contribution in [2.24, 2.45) is 5.92 Å². The highest BCUT2D eigenvalue weighted by atomic mass is 16.4. The molecule has 2 rings (SSSR count). The molecule has 0 heterocycles. The molecular formula is C16H20N2O4. The Morgan fingerprint density at radius 2 is 1.95 bits per heavy atom. The smallest absolute Gasteiger partial charge is 0.326 e. The lowest BCUT2D eigenvalue weighted by Crippen LogP contribution is -2.42. The van der Waals surface area contributed by atoms with E-state index in [9.17, 15) is 14.4 Å². The predicted octanol–water partition coefficient (Wildman–Crippen LogP) is 1.37. The third-order valence-corrected chi connectivity index (χ3v) is 3.84. The van der Waals surface area contributed by atoms with E-state index in [-0.39, 0.29) is 11.8 Å². The van der Waals surface area contributed by atoms with Crippen molar-refractivity contribution in [2.45, 2.75) is 25.8 Å². The summed E-state index contributed by atoms with van der Waals surface area (Å²) in [5, 5.41) is 11.7. The molecular weight excluding hydrogens is 284 g/mol. The molecule has 0 saturated heterocycles. The minimum atomic E-state index is -1.02. The highest BCUT2D eigenvalue weighted by Gasteiger charge is 2.37. The van der Waals surface area contributed by atoms with Gasteiger partial charge in [0.25, 0.3) is 11.8 Å². The maximum Gasteiger partial charge on any atom is 0.326 e. The Kier molecular flexibility index (Phi) is 4.80. The van der Waals surface area contributed by atoms with Crippen LogP contribution in [0.4, 0.5) is 0 Å². The molecule has 1 atom stereocenters. The fraction of sp³-hybridized carbons (Fsp3) is 0.438. The van der Waals surface area contributed by atoms with Gasteiger partial charge in [0.1, 0.15) is 6.04 Å². The number of amides is 2. The fourth-order valence-electron chi connectivity index (χ4n) is 2.19. The Morgan fingerprint density at radius 1 is 1.32 bits per heavy atom. The van der Waals surface area contributed by atoms with Crippen LogP contribution in [0.25, 0.3) is 0 Å². The first-order valence-corrected chi connectivity index (χ1v) is 7.33. The average Bonchev–Trinajstić information content (AvgIpc) is 3.35. The third-order valence-electron chi connectivity index (χ3n) is 3.84. The summed E-state index contributed by atoms with van der Waals surface area (Å²) in [4.78, 5) is 37.0. The zero-order valence-corrected chi connectivity index (χ0v) is 12.7. The van der Waals surface area contributed by atoms with E-state index in [1.807, 2.05) is 6.92 Å². The van der Waals surface area contributed by atoms with Gasteiger partial charge in [0.05, 0.1) is 0 Å². The van der Waals surface area contributed by atoms with E-state index < -0.39 is 17.9 Å². The topological polar surface area (TPSA) is 86.7 Å². The summed E-state index contributed by atoms with van der Waals surface area (Å²) in [5.74, 6) is -1.64. The van der Waals surface area contributed by atoms with Gasteiger partial charge in [-0.2, -0.15) is 0 Å². The van der Waals surface area contributed by atoms with Crippen LogP contribution < -0.4 is 5.32 Å². The fourth-order valence-corrected chi connectivity index (χ4v) is 2.19. The first-order chi connectivity index (χ1) is 10.4. The summed E-state index contributed by atoms with van der Waals surface area (Å²) in [7, 11) is 1.68. The van der Waals surface area contributed by atoms with Crippen LogP contribution in [0.5, 0.6) is 0 Å². The van der Waals surface area contributed by atoms with E-state index in [2.05, 4.69) is 5.32 Å². The first kappa shape index (κ1) is 16.0. The Balaban J connectivity index is 2.13. The molecule has 1 fully saturated rings. The van der Waals surface area contributed by atoms with Gasteiger partial charge in [0.15, 0.2) is 0 Å². The zero-order valence-electron chi connectivity index (χ0n) is 12.7.